The summed E-state index contributed by atoms with van der Waals surface area (Å²) in [6.45, 7) is 5.18. The summed E-state index contributed by atoms with van der Waals surface area (Å²) in [5.74, 6) is 0.122. The topological polar surface area (TPSA) is 48.5 Å². The highest BCUT2D eigenvalue weighted by atomic mass is 16.2. The SMILES string of the molecule is CC(=O)N1CC[C@H]2CC[C@@H](CNCc3ccccc31)N2Cc1ccncc1. The van der Waals surface area contributed by atoms with Crippen molar-refractivity contribution in [2.45, 2.75) is 51.4 Å². The number of nitrogens with one attached hydrogen (secondary N) is 1. The predicted molar refractivity (Wildman–Crippen MR) is 107 cm³/mol. The Morgan fingerprint density at radius 2 is 1.89 bits per heavy atom. The number of fused-ring (bicyclic) bond motifs is 3. The molecule has 1 aromatic carbocycles. The molecular formula is C22H28N4O. The number of carbonyl (C=O) groups is 1. The average Bonchev–Trinajstić information content (AvgIpc) is 3.03. The molecule has 0 spiro atoms. The number of hydrogen-bond acceptors (Lipinski definition) is 4. The van der Waals surface area contributed by atoms with Crippen LogP contribution in [0.3, 0.4) is 0 Å². The first-order chi connectivity index (χ1) is 13.2. The van der Waals surface area contributed by atoms with Gasteiger partial charge in [-0.1, -0.05) is 18.2 Å². The third-order valence-electron chi connectivity index (χ3n) is 5.93. The Bertz CT molecular complexity index is 779. The molecule has 2 aliphatic heterocycles. The van der Waals surface area contributed by atoms with Crippen LogP contribution in [0.25, 0.3) is 0 Å². The molecule has 2 bridgehead atoms. The molecule has 1 fully saturated rings. The van der Waals surface area contributed by atoms with E-state index in [1.54, 1.807) is 6.92 Å². The van der Waals surface area contributed by atoms with E-state index >= 15 is 0 Å². The van der Waals surface area contributed by atoms with Gasteiger partial charge in [-0.3, -0.25) is 14.7 Å². The maximum Gasteiger partial charge on any atom is 0.223 e. The number of rotatable bonds is 2. The van der Waals surface area contributed by atoms with E-state index in [0.29, 0.717) is 12.1 Å². The Kier molecular flexibility index (Phi) is 5.50. The third-order valence-corrected chi connectivity index (χ3v) is 5.93. The van der Waals surface area contributed by atoms with E-state index < -0.39 is 0 Å². The van der Waals surface area contributed by atoms with E-state index in [1.807, 2.05) is 23.4 Å². The number of nitrogens with zero attached hydrogens (tertiary/aromatic N) is 3. The molecule has 2 aliphatic rings. The second-order valence-electron chi connectivity index (χ2n) is 7.63. The van der Waals surface area contributed by atoms with Crippen LogP contribution in [0.1, 0.15) is 37.3 Å². The number of amides is 1. The first-order valence-corrected chi connectivity index (χ1v) is 9.94. The zero-order valence-corrected chi connectivity index (χ0v) is 16.0. The zero-order chi connectivity index (χ0) is 18.6. The van der Waals surface area contributed by atoms with Gasteiger partial charge in [-0.05, 0) is 48.6 Å². The van der Waals surface area contributed by atoms with E-state index in [4.69, 9.17) is 0 Å². The lowest BCUT2D eigenvalue weighted by Gasteiger charge is -2.31. The minimum absolute atomic E-state index is 0.122. The Balaban J connectivity index is 1.59. The highest BCUT2D eigenvalue weighted by molar-refractivity contribution is 5.92. The fourth-order valence-corrected chi connectivity index (χ4v) is 4.52. The number of carbonyl (C=O) groups excluding carboxylic acids is 1. The van der Waals surface area contributed by atoms with Crippen LogP contribution in [0.5, 0.6) is 0 Å². The van der Waals surface area contributed by atoms with Crippen molar-refractivity contribution in [2.24, 2.45) is 0 Å². The molecule has 1 amide bonds. The van der Waals surface area contributed by atoms with Crippen molar-refractivity contribution in [1.29, 1.82) is 0 Å². The van der Waals surface area contributed by atoms with Gasteiger partial charge in [-0.2, -0.15) is 0 Å². The number of pyridine rings is 1. The van der Waals surface area contributed by atoms with E-state index in [2.05, 4.69) is 45.5 Å². The molecule has 5 heteroatoms. The van der Waals surface area contributed by atoms with Crippen molar-refractivity contribution in [3.63, 3.8) is 0 Å². The van der Waals surface area contributed by atoms with Crippen LogP contribution in [0.15, 0.2) is 48.8 Å². The van der Waals surface area contributed by atoms with Crippen LogP contribution < -0.4 is 10.2 Å². The first kappa shape index (κ1) is 18.1. The van der Waals surface area contributed by atoms with Crippen LogP contribution in [0.4, 0.5) is 5.69 Å². The van der Waals surface area contributed by atoms with Gasteiger partial charge in [-0.15, -0.1) is 0 Å². The molecule has 5 nitrogen and oxygen atoms in total. The summed E-state index contributed by atoms with van der Waals surface area (Å²) in [6.07, 6.45) is 7.16. The lowest BCUT2D eigenvalue weighted by atomic mass is 10.1. The summed E-state index contributed by atoms with van der Waals surface area (Å²) in [7, 11) is 0. The Hall–Kier alpha value is -2.24. The molecule has 2 aromatic rings. The molecule has 0 radical (unpaired) electrons. The van der Waals surface area contributed by atoms with Gasteiger partial charge in [0.2, 0.25) is 5.91 Å². The molecule has 1 N–H and O–H groups in total. The van der Waals surface area contributed by atoms with Gasteiger partial charge in [0.05, 0.1) is 0 Å². The number of benzene rings is 1. The van der Waals surface area contributed by atoms with E-state index in [9.17, 15) is 4.79 Å². The van der Waals surface area contributed by atoms with E-state index in [0.717, 1.165) is 38.3 Å². The second-order valence-corrected chi connectivity index (χ2v) is 7.63. The first-order valence-electron chi connectivity index (χ1n) is 9.94. The van der Waals surface area contributed by atoms with Crippen molar-refractivity contribution in [1.82, 2.24) is 15.2 Å². The molecule has 142 valence electrons. The van der Waals surface area contributed by atoms with Gasteiger partial charge in [0.1, 0.15) is 0 Å². The van der Waals surface area contributed by atoms with Crippen LogP contribution in [-0.2, 0) is 17.9 Å². The van der Waals surface area contributed by atoms with Crippen LogP contribution in [-0.4, -0.2) is 41.0 Å². The van der Waals surface area contributed by atoms with Crippen molar-refractivity contribution in [3.8, 4) is 0 Å². The molecule has 2 atom stereocenters. The highest BCUT2D eigenvalue weighted by Crippen LogP contribution is 2.30. The van der Waals surface area contributed by atoms with Crippen LogP contribution >= 0.6 is 0 Å². The highest BCUT2D eigenvalue weighted by Gasteiger charge is 2.34. The van der Waals surface area contributed by atoms with Crippen LogP contribution in [0.2, 0.25) is 0 Å². The number of hydrogen-bond donors (Lipinski definition) is 1. The third kappa shape index (κ3) is 4.04. The summed E-state index contributed by atoms with van der Waals surface area (Å²) in [4.78, 5) is 21.1. The largest absolute Gasteiger partial charge is 0.312 e. The monoisotopic (exact) mass is 364 g/mol. The fraction of sp³-hybridized carbons (Fsp3) is 0.455. The molecule has 4 rings (SSSR count). The normalized spacial score (nSPS) is 23.5. The molecule has 3 heterocycles. The van der Waals surface area contributed by atoms with Crippen molar-refractivity contribution < 1.29 is 4.79 Å². The summed E-state index contributed by atoms with van der Waals surface area (Å²) in [5, 5.41) is 3.65. The van der Waals surface area contributed by atoms with E-state index in [1.165, 1.54) is 24.0 Å². The van der Waals surface area contributed by atoms with Crippen LogP contribution in [0, 0.1) is 0 Å². The quantitative estimate of drug-likeness (QED) is 0.890. The fourth-order valence-electron chi connectivity index (χ4n) is 4.52. The standard InChI is InChI=1S/C22H28N4O/c1-17(27)25-13-10-20-6-7-21(26(20)16-18-8-11-23-12-9-18)15-24-14-19-4-2-3-5-22(19)25/h2-5,8-9,11-12,20-21,24H,6-7,10,13-16H2,1H3/t20-,21+/m1/s1. The second kappa shape index (κ2) is 8.19. The summed E-state index contributed by atoms with van der Waals surface area (Å²) in [5.41, 5.74) is 3.56. The van der Waals surface area contributed by atoms with Gasteiger partial charge < -0.3 is 10.2 Å². The molecule has 0 unspecified atom stereocenters. The van der Waals surface area contributed by atoms with Gasteiger partial charge in [0.25, 0.3) is 0 Å². The lowest BCUT2D eigenvalue weighted by molar-refractivity contribution is -0.116. The summed E-state index contributed by atoms with van der Waals surface area (Å²) < 4.78 is 0. The van der Waals surface area contributed by atoms with Gasteiger partial charge >= 0.3 is 0 Å². The molecule has 0 saturated carbocycles. The zero-order valence-electron chi connectivity index (χ0n) is 16.0. The molecule has 27 heavy (non-hydrogen) atoms. The Morgan fingerprint density at radius 3 is 2.70 bits per heavy atom. The van der Waals surface area contributed by atoms with Gasteiger partial charge in [0, 0.05) is 63.3 Å². The number of para-hydroxylation sites is 1. The Labute approximate surface area is 161 Å². The van der Waals surface area contributed by atoms with Crippen molar-refractivity contribution in [3.05, 3.63) is 59.9 Å². The average molecular weight is 364 g/mol. The summed E-state index contributed by atoms with van der Waals surface area (Å²) >= 11 is 0. The molecule has 1 saturated heterocycles. The van der Waals surface area contributed by atoms with Crippen molar-refractivity contribution >= 4 is 11.6 Å². The minimum Gasteiger partial charge on any atom is -0.312 e. The number of aromatic nitrogens is 1. The van der Waals surface area contributed by atoms with E-state index in [-0.39, 0.29) is 5.91 Å². The van der Waals surface area contributed by atoms with Gasteiger partial charge in [-0.25, -0.2) is 0 Å². The smallest absolute Gasteiger partial charge is 0.223 e. The maximum atomic E-state index is 12.4. The van der Waals surface area contributed by atoms with Crippen molar-refractivity contribution in [2.75, 3.05) is 18.0 Å². The molecule has 0 aliphatic carbocycles. The predicted octanol–water partition coefficient (Wildman–Crippen LogP) is 2.96. The molecular weight excluding hydrogens is 336 g/mol. The minimum atomic E-state index is 0.122. The lowest BCUT2D eigenvalue weighted by Crippen LogP contribution is -2.42. The maximum absolute atomic E-state index is 12.4. The number of anilines is 1. The summed E-state index contributed by atoms with van der Waals surface area (Å²) in [6, 6.07) is 13.5. The Morgan fingerprint density at radius 1 is 1.11 bits per heavy atom. The molecule has 1 aromatic heterocycles. The van der Waals surface area contributed by atoms with Gasteiger partial charge in [0.15, 0.2) is 0 Å².